The number of aromatic nitrogens is 1. The molecule has 2 heteroatoms. The van der Waals surface area contributed by atoms with Crippen molar-refractivity contribution in [3.05, 3.63) is 276 Å². The Morgan fingerprint density at radius 1 is 0.366 bits per heavy atom. The Bertz CT molecular complexity index is 3690. The molecule has 0 saturated heterocycles. The second-order valence-electron chi connectivity index (χ2n) is 21.1. The lowest BCUT2D eigenvalue weighted by Gasteiger charge is -2.43. The van der Waals surface area contributed by atoms with E-state index in [0.29, 0.717) is 0 Å². The molecule has 2 nitrogen and oxygen atoms in total. The minimum atomic E-state index is -0.568. The summed E-state index contributed by atoms with van der Waals surface area (Å²) in [6.45, 7) is 9.71. The van der Waals surface area contributed by atoms with Crippen molar-refractivity contribution in [1.82, 2.24) is 4.57 Å². The predicted molar refractivity (Wildman–Crippen MR) is 299 cm³/mol. The Hall–Kier alpha value is -8.20. The van der Waals surface area contributed by atoms with Crippen molar-refractivity contribution >= 4 is 38.9 Å². The normalized spacial score (nSPS) is 15.0. The van der Waals surface area contributed by atoms with Crippen LogP contribution in [0.25, 0.3) is 60.9 Å². The molecule has 0 spiro atoms. The van der Waals surface area contributed by atoms with Crippen LogP contribution in [0.15, 0.2) is 243 Å². The zero-order valence-corrected chi connectivity index (χ0v) is 40.9. The highest BCUT2D eigenvalue weighted by atomic mass is 15.1. The maximum atomic E-state index is 2.53. The number of para-hydroxylation sites is 3. The van der Waals surface area contributed by atoms with E-state index in [0.717, 1.165) is 22.7 Å². The van der Waals surface area contributed by atoms with Crippen LogP contribution in [-0.4, -0.2) is 4.57 Å². The molecule has 1 heterocycles. The highest BCUT2D eigenvalue weighted by molar-refractivity contribution is 6.09. The summed E-state index contributed by atoms with van der Waals surface area (Å²) in [7, 11) is 0. The molecule has 1 aromatic heterocycles. The summed E-state index contributed by atoms with van der Waals surface area (Å²) in [6, 6.07) is 90.6. The minimum Gasteiger partial charge on any atom is -0.310 e. The van der Waals surface area contributed by atoms with Gasteiger partial charge in [-0.3, -0.25) is 0 Å². The van der Waals surface area contributed by atoms with Gasteiger partial charge < -0.3 is 9.47 Å². The average molecular weight is 913 g/mol. The molecule has 0 N–H and O–H groups in total. The lowest BCUT2D eigenvalue weighted by atomic mass is 9.61. The van der Waals surface area contributed by atoms with E-state index in [4.69, 9.17) is 0 Å². The zero-order chi connectivity index (χ0) is 47.9. The lowest BCUT2D eigenvalue weighted by molar-refractivity contribution is 0.333. The summed E-state index contributed by atoms with van der Waals surface area (Å²) in [5, 5.41) is 2.51. The van der Waals surface area contributed by atoms with Crippen LogP contribution < -0.4 is 4.90 Å². The van der Waals surface area contributed by atoms with Crippen LogP contribution in [0.2, 0.25) is 0 Å². The highest BCUT2D eigenvalue weighted by Crippen LogP contribution is 2.59. The SMILES string of the molecule is CC1(C)CCC(C)(C)c2c(-c3ccc(-c4cc5c(cc4N(c4ccccc4)c4ccc(-n6c7ccccc7c7ccccc76)cc4)C(c4ccccc4)(c4ccccc4)c4ccccc4-5)cc3)cccc21. The van der Waals surface area contributed by atoms with Gasteiger partial charge >= 0.3 is 0 Å². The van der Waals surface area contributed by atoms with Crippen LogP contribution in [0.1, 0.15) is 73.9 Å². The number of hydrogen-bond donors (Lipinski definition) is 0. The molecule has 2 aliphatic carbocycles. The van der Waals surface area contributed by atoms with Crippen LogP contribution in [0.3, 0.4) is 0 Å². The molecule has 10 aromatic carbocycles. The minimum absolute atomic E-state index is 0.0813. The molecule has 0 radical (unpaired) electrons. The van der Waals surface area contributed by atoms with Crippen molar-refractivity contribution < 1.29 is 0 Å². The maximum absolute atomic E-state index is 2.53. The van der Waals surface area contributed by atoms with E-state index in [2.05, 4.69) is 280 Å². The van der Waals surface area contributed by atoms with Crippen LogP contribution >= 0.6 is 0 Å². The molecule has 0 aliphatic heterocycles. The molecule has 0 amide bonds. The first-order valence-electron chi connectivity index (χ1n) is 25.3. The highest BCUT2D eigenvalue weighted by Gasteiger charge is 2.47. The van der Waals surface area contributed by atoms with Gasteiger partial charge in [0.25, 0.3) is 0 Å². The van der Waals surface area contributed by atoms with Gasteiger partial charge in [0.05, 0.1) is 22.1 Å². The Labute approximate surface area is 418 Å². The van der Waals surface area contributed by atoms with Gasteiger partial charge in [-0.1, -0.05) is 210 Å². The largest absolute Gasteiger partial charge is 0.310 e. The summed E-state index contributed by atoms with van der Waals surface area (Å²) < 4.78 is 2.40. The molecule has 0 bridgehead atoms. The van der Waals surface area contributed by atoms with Crippen molar-refractivity contribution in [2.24, 2.45) is 0 Å². The fourth-order valence-corrected chi connectivity index (χ4v) is 12.6. The molecule has 2 aliphatic rings. The van der Waals surface area contributed by atoms with E-state index in [1.165, 1.54) is 101 Å². The predicted octanol–water partition coefficient (Wildman–Crippen LogP) is 18.3. The van der Waals surface area contributed by atoms with Crippen molar-refractivity contribution in [1.29, 1.82) is 0 Å². The molecule has 0 unspecified atom stereocenters. The van der Waals surface area contributed by atoms with Gasteiger partial charge in [-0.05, 0) is 146 Å². The molecule has 342 valence electrons. The second kappa shape index (κ2) is 16.5. The number of benzene rings is 10. The first kappa shape index (κ1) is 42.9. The Morgan fingerprint density at radius 2 is 0.859 bits per heavy atom. The number of nitrogens with zero attached hydrogens (tertiary/aromatic N) is 2. The van der Waals surface area contributed by atoms with E-state index in [1.807, 2.05) is 0 Å². The first-order chi connectivity index (χ1) is 34.7. The quantitative estimate of drug-likeness (QED) is 0.147. The van der Waals surface area contributed by atoms with Crippen molar-refractivity contribution in [2.45, 2.75) is 56.8 Å². The fourth-order valence-electron chi connectivity index (χ4n) is 12.6. The van der Waals surface area contributed by atoms with Crippen LogP contribution in [0.5, 0.6) is 0 Å². The van der Waals surface area contributed by atoms with E-state index >= 15 is 0 Å². The van der Waals surface area contributed by atoms with Gasteiger partial charge in [-0.15, -0.1) is 0 Å². The van der Waals surface area contributed by atoms with Gasteiger partial charge in [0.2, 0.25) is 0 Å². The van der Waals surface area contributed by atoms with Crippen LogP contribution in [-0.2, 0) is 16.2 Å². The first-order valence-corrected chi connectivity index (χ1v) is 25.3. The number of hydrogen-bond acceptors (Lipinski definition) is 1. The molecule has 11 aromatic rings. The number of rotatable bonds is 8. The molecular weight excluding hydrogens is 857 g/mol. The standard InChI is InChI=1S/C69H56N2/c1-67(2)43-44-68(3,4)66-54(30-20-32-61(66)67)47-35-37-48(38-36-47)58-45-59-55-27-14-17-31-60(55)69(49-21-8-5-9-22-49,50-23-10-6-11-24-50)62(59)46-65(58)70(51-25-12-7-13-26-51)52-39-41-53(42-40-52)71-63-33-18-15-28-56(63)57-29-16-19-34-64(57)71/h5-42,45-46H,43-44H2,1-4H3. The monoisotopic (exact) mass is 912 g/mol. The van der Waals surface area contributed by atoms with Crippen LogP contribution in [0, 0.1) is 0 Å². The summed E-state index contributed by atoms with van der Waals surface area (Å²) in [4.78, 5) is 2.49. The molecule has 0 saturated carbocycles. The summed E-state index contributed by atoms with van der Waals surface area (Å²) in [5.41, 5.74) is 22.0. The van der Waals surface area contributed by atoms with Crippen molar-refractivity contribution in [2.75, 3.05) is 4.90 Å². The third-order valence-corrected chi connectivity index (χ3v) is 16.1. The van der Waals surface area contributed by atoms with Gasteiger partial charge in [0.1, 0.15) is 0 Å². The Balaban J connectivity index is 1.06. The van der Waals surface area contributed by atoms with E-state index in [-0.39, 0.29) is 10.8 Å². The maximum Gasteiger partial charge on any atom is 0.0714 e. The summed E-state index contributed by atoms with van der Waals surface area (Å²) in [5.74, 6) is 0. The molecule has 13 rings (SSSR count). The smallest absolute Gasteiger partial charge is 0.0714 e. The van der Waals surface area contributed by atoms with Gasteiger partial charge in [-0.2, -0.15) is 0 Å². The average Bonchev–Trinajstić information content (AvgIpc) is 3.91. The van der Waals surface area contributed by atoms with E-state index in [9.17, 15) is 0 Å². The van der Waals surface area contributed by atoms with E-state index < -0.39 is 5.41 Å². The third-order valence-electron chi connectivity index (χ3n) is 16.1. The lowest BCUT2D eigenvalue weighted by Crippen LogP contribution is -2.34. The molecule has 0 fully saturated rings. The van der Waals surface area contributed by atoms with Crippen LogP contribution in [0.4, 0.5) is 17.1 Å². The van der Waals surface area contributed by atoms with Gasteiger partial charge in [-0.25, -0.2) is 0 Å². The zero-order valence-electron chi connectivity index (χ0n) is 40.9. The van der Waals surface area contributed by atoms with Gasteiger partial charge in [0.15, 0.2) is 0 Å². The summed E-state index contributed by atoms with van der Waals surface area (Å²) >= 11 is 0. The number of anilines is 3. The Morgan fingerprint density at radius 3 is 1.49 bits per heavy atom. The van der Waals surface area contributed by atoms with E-state index in [1.54, 1.807) is 0 Å². The number of fused-ring (bicyclic) bond motifs is 7. The molecule has 0 atom stereocenters. The third kappa shape index (κ3) is 6.69. The Kier molecular flexibility index (Phi) is 9.94. The van der Waals surface area contributed by atoms with Gasteiger partial charge in [0, 0.05) is 33.4 Å². The van der Waals surface area contributed by atoms with Crippen molar-refractivity contribution in [3.63, 3.8) is 0 Å². The fraction of sp³-hybridized carbons (Fsp3) is 0.130. The topological polar surface area (TPSA) is 8.17 Å². The summed E-state index contributed by atoms with van der Waals surface area (Å²) in [6.07, 6.45) is 2.36. The van der Waals surface area contributed by atoms with Crippen molar-refractivity contribution in [3.8, 4) is 39.1 Å². The molecular formula is C69H56N2. The second-order valence-corrected chi connectivity index (χ2v) is 21.1. The molecule has 71 heavy (non-hydrogen) atoms.